The minimum absolute atomic E-state index is 0.177. The van der Waals surface area contributed by atoms with E-state index in [0.29, 0.717) is 11.1 Å². The molecule has 0 spiro atoms. The van der Waals surface area contributed by atoms with Crippen molar-refractivity contribution in [2.75, 3.05) is 6.54 Å². The zero-order chi connectivity index (χ0) is 15.7. The van der Waals surface area contributed by atoms with E-state index < -0.39 is 21.4 Å². The molecule has 1 aromatic rings. The predicted octanol–water partition coefficient (Wildman–Crippen LogP) is 3.42. The maximum Gasteiger partial charge on any atom is 0.244 e. The van der Waals surface area contributed by atoms with Gasteiger partial charge in [0.15, 0.2) is 0 Å². The second kappa shape index (κ2) is 5.66. The standard InChI is InChI=1S/C15H22FNO2S/c1-7-8-17(15(4,5)6)20(18,19)14-11(2)9-13(16)10-12(14)3/h7,9-10H,1,8H2,2-6H3. The van der Waals surface area contributed by atoms with Crippen molar-refractivity contribution in [3.63, 3.8) is 0 Å². The second-order valence-corrected chi connectivity index (χ2v) is 7.66. The number of nitrogens with zero attached hydrogens (tertiary/aromatic N) is 1. The van der Waals surface area contributed by atoms with Gasteiger partial charge in [0.25, 0.3) is 0 Å². The number of aryl methyl sites for hydroxylation is 2. The highest BCUT2D eigenvalue weighted by molar-refractivity contribution is 7.89. The lowest BCUT2D eigenvalue weighted by molar-refractivity contribution is 0.269. The lowest BCUT2D eigenvalue weighted by Gasteiger charge is -2.34. The zero-order valence-corrected chi connectivity index (χ0v) is 13.5. The molecule has 5 heteroatoms. The highest BCUT2D eigenvalue weighted by Gasteiger charge is 2.35. The monoisotopic (exact) mass is 299 g/mol. The minimum atomic E-state index is -3.70. The third kappa shape index (κ3) is 3.27. The summed E-state index contributed by atoms with van der Waals surface area (Å²) in [7, 11) is -3.70. The number of hydrogen-bond acceptors (Lipinski definition) is 2. The van der Waals surface area contributed by atoms with E-state index in [-0.39, 0.29) is 11.4 Å². The van der Waals surface area contributed by atoms with Crippen LogP contribution in [0, 0.1) is 19.7 Å². The second-order valence-electron chi connectivity index (χ2n) is 5.86. The third-order valence-corrected chi connectivity index (χ3v) is 5.45. The van der Waals surface area contributed by atoms with E-state index in [1.807, 2.05) is 20.8 Å². The number of benzene rings is 1. The molecule has 112 valence electrons. The SMILES string of the molecule is C=CCN(C(C)(C)C)S(=O)(=O)c1c(C)cc(F)cc1C. The van der Waals surface area contributed by atoms with Crippen molar-refractivity contribution >= 4 is 10.0 Å². The van der Waals surface area contributed by atoms with Crippen LogP contribution in [0.5, 0.6) is 0 Å². The highest BCUT2D eigenvalue weighted by Crippen LogP contribution is 2.29. The summed E-state index contributed by atoms with van der Waals surface area (Å²) in [6.45, 7) is 12.5. The van der Waals surface area contributed by atoms with Gasteiger partial charge in [-0.05, 0) is 57.9 Å². The Morgan fingerprint density at radius 3 is 2.05 bits per heavy atom. The molecule has 0 atom stereocenters. The Morgan fingerprint density at radius 2 is 1.70 bits per heavy atom. The van der Waals surface area contributed by atoms with E-state index in [1.54, 1.807) is 19.9 Å². The average Bonchev–Trinajstić information content (AvgIpc) is 2.21. The lowest BCUT2D eigenvalue weighted by atomic mass is 10.1. The molecule has 0 amide bonds. The maximum atomic E-state index is 13.4. The number of halogens is 1. The third-order valence-electron chi connectivity index (χ3n) is 3.02. The summed E-state index contributed by atoms with van der Waals surface area (Å²) in [6.07, 6.45) is 1.55. The van der Waals surface area contributed by atoms with Gasteiger partial charge in [-0.1, -0.05) is 6.08 Å². The van der Waals surface area contributed by atoms with E-state index in [0.717, 1.165) is 0 Å². The Balaban J connectivity index is 3.53. The van der Waals surface area contributed by atoms with Crippen LogP contribution in [0.25, 0.3) is 0 Å². The molecule has 0 aliphatic heterocycles. The van der Waals surface area contributed by atoms with Gasteiger partial charge in [0.2, 0.25) is 10.0 Å². The quantitative estimate of drug-likeness (QED) is 0.799. The molecule has 20 heavy (non-hydrogen) atoms. The Labute approximate surface area is 121 Å². The van der Waals surface area contributed by atoms with Crippen molar-refractivity contribution in [2.45, 2.75) is 45.1 Å². The summed E-state index contributed by atoms with van der Waals surface area (Å²) in [5, 5.41) is 0. The van der Waals surface area contributed by atoms with Crippen LogP contribution >= 0.6 is 0 Å². The molecule has 0 radical (unpaired) electrons. The topological polar surface area (TPSA) is 37.4 Å². The smallest absolute Gasteiger partial charge is 0.207 e. The summed E-state index contributed by atoms with van der Waals surface area (Å²) in [6, 6.07) is 2.49. The number of sulfonamides is 1. The largest absolute Gasteiger partial charge is 0.244 e. The molecule has 0 saturated carbocycles. The molecule has 1 aromatic carbocycles. The van der Waals surface area contributed by atoms with Crippen molar-refractivity contribution in [3.8, 4) is 0 Å². The van der Waals surface area contributed by atoms with E-state index in [1.165, 1.54) is 16.4 Å². The van der Waals surface area contributed by atoms with Gasteiger partial charge in [0.1, 0.15) is 5.82 Å². The molecule has 3 nitrogen and oxygen atoms in total. The Kier molecular flexibility index (Phi) is 4.77. The fraction of sp³-hybridized carbons (Fsp3) is 0.467. The first-order valence-corrected chi connectivity index (χ1v) is 7.86. The van der Waals surface area contributed by atoms with Crippen LogP contribution in [0.4, 0.5) is 4.39 Å². The van der Waals surface area contributed by atoms with Crippen molar-refractivity contribution in [2.24, 2.45) is 0 Å². The first-order valence-electron chi connectivity index (χ1n) is 6.42. The molecule has 0 unspecified atom stereocenters. The van der Waals surface area contributed by atoms with Crippen molar-refractivity contribution < 1.29 is 12.8 Å². The van der Waals surface area contributed by atoms with Gasteiger partial charge >= 0.3 is 0 Å². The summed E-state index contributed by atoms with van der Waals surface area (Å²) in [5.41, 5.74) is 0.252. The van der Waals surface area contributed by atoms with Crippen LogP contribution in [-0.4, -0.2) is 24.8 Å². The molecule has 0 aromatic heterocycles. The van der Waals surface area contributed by atoms with Gasteiger partial charge < -0.3 is 0 Å². The van der Waals surface area contributed by atoms with Gasteiger partial charge in [0, 0.05) is 12.1 Å². The molecule has 0 heterocycles. The lowest BCUT2D eigenvalue weighted by Crippen LogP contribution is -2.45. The summed E-state index contributed by atoms with van der Waals surface area (Å²) < 4.78 is 40.5. The molecule has 0 aliphatic carbocycles. The van der Waals surface area contributed by atoms with Crippen molar-refractivity contribution in [1.29, 1.82) is 0 Å². The Bertz CT molecular complexity index is 592. The Morgan fingerprint density at radius 1 is 1.25 bits per heavy atom. The van der Waals surface area contributed by atoms with Crippen molar-refractivity contribution in [3.05, 3.63) is 41.7 Å². The predicted molar refractivity (Wildman–Crippen MR) is 79.7 cm³/mol. The fourth-order valence-corrected chi connectivity index (χ4v) is 4.44. The van der Waals surface area contributed by atoms with E-state index in [2.05, 4.69) is 6.58 Å². The first kappa shape index (κ1) is 16.9. The molecule has 0 aliphatic rings. The number of hydrogen-bond donors (Lipinski definition) is 0. The van der Waals surface area contributed by atoms with E-state index in [4.69, 9.17) is 0 Å². The van der Waals surface area contributed by atoms with Gasteiger partial charge in [-0.15, -0.1) is 6.58 Å². The summed E-state index contributed by atoms with van der Waals surface area (Å²) >= 11 is 0. The van der Waals surface area contributed by atoms with Crippen molar-refractivity contribution in [1.82, 2.24) is 4.31 Å². The first-order chi connectivity index (χ1) is 9.01. The maximum absolute atomic E-state index is 13.4. The normalized spacial score (nSPS) is 12.8. The van der Waals surface area contributed by atoms with Gasteiger partial charge in [-0.3, -0.25) is 0 Å². The van der Waals surface area contributed by atoms with Gasteiger partial charge in [-0.25, -0.2) is 12.8 Å². The molecular formula is C15H22FNO2S. The van der Waals surface area contributed by atoms with Gasteiger partial charge in [0.05, 0.1) is 4.90 Å². The van der Waals surface area contributed by atoms with E-state index in [9.17, 15) is 12.8 Å². The Hall–Kier alpha value is -1.20. The van der Waals surface area contributed by atoms with Crippen LogP contribution in [-0.2, 0) is 10.0 Å². The average molecular weight is 299 g/mol. The highest BCUT2D eigenvalue weighted by atomic mass is 32.2. The fourth-order valence-electron chi connectivity index (χ4n) is 2.26. The van der Waals surface area contributed by atoms with Crippen LogP contribution < -0.4 is 0 Å². The van der Waals surface area contributed by atoms with Crippen LogP contribution in [0.3, 0.4) is 0 Å². The molecular weight excluding hydrogens is 277 g/mol. The van der Waals surface area contributed by atoms with Gasteiger partial charge in [-0.2, -0.15) is 4.31 Å². The number of rotatable bonds is 4. The summed E-state index contributed by atoms with van der Waals surface area (Å²) in [4.78, 5) is 0.177. The minimum Gasteiger partial charge on any atom is -0.207 e. The van der Waals surface area contributed by atoms with Crippen LogP contribution in [0.2, 0.25) is 0 Å². The molecule has 0 bridgehead atoms. The van der Waals surface area contributed by atoms with E-state index >= 15 is 0 Å². The molecule has 0 fully saturated rings. The van der Waals surface area contributed by atoms with Crippen LogP contribution in [0.1, 0.15) is 31.9 Å². The summed E-state index contributed by atoms with van der Waals surface area (Å²) in [5.74, 6) is -0.426. The van der Waals surface area contributed by atoms with Crippen LogP contribution in [0.15, 0.2) is 29.7 Å². The molecule has 1 rings (SSSR count). The molecule has 0 N–H and O–H groups in total. The zero-order valence-electron chi connectivity index (χ0n) is 12.7. The molecule has 0 saturated heterocycles.